The molecule has 140 valence electrons. The lowest BCUT2D eigenvalue weighted by Crippen LogP contribution is -2.49. The number of pyridine rings is 1. The van der Waals surface area contributed by atoms with Crippen molar-refractivity contribution in [3.63, 3.8) is 0 Å². The maximum atomic E-state index is 12.9. The van der Waals surface area contributed by atoms with Gasteiger partial charge in [-0.2, -0.15) is 13.2 Å². The number of aliphatic hydroxyl groups is 2. The highest BCUT2D eigenvalue weighted by atomic mass is 19.4. The summed E-state index contributed by atoms with van der Waals surface area (Å²) in [6.45, 7) is 3.31. The van der Waals surface area contributed by atoms with E-state index in [0.717, 1.165) is 32.0 Å². The van der Waals surface area contributed by atoms with Gasteiger partial charge in [-0.25, -0.2) is 4.98 Å². The highest BCUT2D eigenvalue weighted by Gasteiger charge is 2.33. The highest BCUT2D eigenvalue weighted by Crippen LogP contribution is 2.30. The first-order valence-electron chi connectivity index (χ1n) is 8.70. The zero-order valence-corrected chi connectivity index (χ0v) is 14.0. The lowest BCUT2D eigenvalue weighted by molar-refractivity contribution is -0.141. The molecule has 0 unspecified atom stereocenters. The van der Waals surface area contributed by atoms with Crippen molar-refractivity contribution in [3.8, 4) is 0 Å². The van der Waals surface area contributed by atoms with Crippen molar-refractivity contribution in [2.45, 2.75) is 37.6 Å². The van der Waals surface area contributed by atoms with Crippen molar-refractivity contribution in [2.24, 2.45) is 5.92 Å². The Morgan fingerprint density at radius 1 is 1.08 bits per heavy atom. The molecule has 2 aliphatic heterocycles. The van der Waals surface area contributed by atoms with E-state index in [-0.39, 0.29) is 0 Å². The van der Waals surface area contributed by atoms with Gasteiger partial charge in [-0.05, 0) is 37.3 Å². The Balaban J connectivity index is 1.62. The molecular formula is C17H24F3N3O2. The lowest BCUT2D eigenvalue weighted by Gasteiger charge is -2.39. The second kappa shape index (κ2) is 7.47. The van der Waals surface area contributed by atoms with Crippen molar-refractivity contribution in [2.75, 3.05) is 37.6 Å². The molecule has 5 nitrogen and oxygen atoms in total. The standard InChI is InChI=1S/C17H24F3N3O2/c18-17(19,20)15-4-1-5-16(21-15)23-7-2-3-12(10-23)9-22-8-6-13(24)14(25)11-22/h1,4-5,12-14,24-25H,2-3,6-11H2/t12-,13+,14+/m0/s1. The second-order valence-electron chi connectivity index (χ2n) is 7.02. The molecule has 3 atom stereocenters. The average molecular weight is 359 g/mol. The van der Waals surface area contributed by atoms with Crippen molar-refractivity contribution in [3.05, 3.63) is 23.9 Å². The topological polar surface area (TPSA) is 59.8 Å². The molecule has 0 amide bonds. The quantitative estimate of drug-likeness (QED) is 0.861. The van der Waals surface area contributed by atoms with Gasteiger partial charge in [-0.15, -0.1) is 0 Å². The summed E-state index contributed by atoms with van der Waals surface area (Å²) in [6.07, 6.45) is -3.36. The Bertz CT molecular complexity index is 585. The van der Waals surface area contributed by atoms with Crippen LogP contribution in [0.15, 0.2) is 18.2 Å². The molecule has 1 aromatic heterocycles. The molecule has 2 N–H and O–H groups in total. The number of nitrogens with zero attached hydrogens (tertiary/aromatic N) is 3. The number of anilines is 1. The van der Waals surface area contributed by atoms with E-state index in [4.69, 9.17) is 0 Å². The third-order valence-electron chi connectivity index (χ3n) is 5.01. The Hall–Kier alpha value is -1.38. The van der Waals surface area contributed by atoms with E-state index < -0.39 is 24.1 Å². The van der Waals surface area contributed by atoms with E-state index in [1.165, 1.54) is 6.07 Å². The van der Waals surface area contributed by atoms with Crippen LogP contribution in [-0.4, -0.2) is 65.0 Å². The predicted octanol–water partition coefficient (Wildman–Crippen LogP) is 1.74. The molecule has 0 radical (unpaired) electrons. The maximum absolute atomic E-state index is 12.9. The molecular weight excluding hydrogens is 335 g/mol. The number of aromatic nitrogens is 1. The van der Waals surface area contributed by atoms with Crippen LogP contribution < -0.4 is 4.90 Å². The molecule has 2 aliphatic rings. The van der Waals surface area contributed by atoms with E-state index >= 15 is 0 Å². The Morgan fingerprint density at radius 3 is 2.60 bits per heavy atom. The SMILES string of the molecule is O[C@@H]1CCN(C[C@@H]2CCCN(c3cccc(C(F)(F)F)n3)C2)C[C@H]1O. The number of β-amino-alcohol motifs (C(OH)–C–C–N with tert-alkyl or cyclic N) is 1. The Kier molecular flexibility index (Phi) is 5.50. The van der Waals surface area contributed by atoms with Crippen LogP contribution in [0.4, 0.5) is 19.0 Å². The van der Waals surface area contributed by atoms with E-state index in [0.29, 0.717) is 37.8 Å². The van der Waals surface area contributed by atoms with E-state index in [9.17, 15) is 23.4 Å². The number of aliphatic hydroxyl groups excluding tert-OH is 2. The van der Waals surface area contributed by atoms with Crippen LogP contribution in [0.1, 0.15) is 25.0 Å². The van der Waals surface area contributed by atoms with Crippen molar-refractivity contribution in [1.82, 2.24) is 9.88 Å². The van der Waals surface area contributed by atoms with Gasteiger partial charge in [-0.1, -0.05) is 6.07 Å². The molecule has 0 aliphatic carbocycles. The molecule has 2 saturated heterocycles. The zero-order chi connectivity index (χ0) is 18.0. The first kappa shape index (κ1) is 18.4. The van der Waals surface area contributed by atoms with E-state index in [1.54, 1.807) is 6.07 Å². The number of hydrogen-bond acceptors (Lipinski definition) is 5. The zero-order valence-electron chi connectivity index (χ0n) is 14.0. The molecule has 0 aromatic carbocycles. The normalized spacial score (nSPS) is 29.0. The number of likely N-dealkylation sites (tertiary alicyclic amines) is 1. The monoisotopic (exact) mass is 359 g/mol. The predicted molar refractivity (Wildman–Crippen MR) is 87.2 cm³/mol. The summed E-state index contributed by atoms with van der Waals surface area (Å²) in [5.41, 5.74) is -0.861. The lowest BCUT2D eigenvalue weighted by atomic mass is 9.95. The summed E-state index contributed by atoms with van der Waals surface area (Å²) in [5, 5.41) is 19.4. The fraction of sp³-hybridized carbons (Fsp3) is 0.706. The number of piperidine rings is 2. The summed E-state index contributed by atoms with van der Waals surface area (Å²) in [4.78, 5) is 7.83. The molecule has 0 spiro atoms. The van der Waals surface area contributed by atoms with Gasteiger partial charge in [0.2, 0.25) is 0 Å². The highest BCUT2D eigenvalue weighted by molar-refractivity contribution is 5.40. The number of hydrogen-bond donors (Lipinski definition) is 2. The summed E-state index contributed by atoms with van der Waals surface area (Å²) in [5.74, 6) is 0.682. The molecule has 1 aromatic rings. The minimum Gasteiger partial charge on any atom is -0.390 e. The van der Waals surface area contributed by atoms with Crippen LogP contribution >= 0.6 is 0 Å². The third kappa shape index (κ3) is 4.62. The Morgan fingerprint density at radius 2 is 1.88 bits per heavy atom. The van der Waals surface area contributed by atoms with Gasteiger partial charge < -0.3 is 20.0 Å². The van der Waals surface area contributed by atoms with Gasteiger partial charge in [0.05, 0.1) is 12.2 Å². The third-order valence-corrected chi connectivity index (χ3v) is 5.01. The Labute approximate surface area is 145 Å². The molecule has 0 bridgehead atoms. The average Bonchev–Trinajstić information content (AvgIpc) is 2.58. The largest absolute Gasteiger partial charge is 0.433 e. The molecule has 2 fully saturated rings. The van der Waals surface area contributed by atoms with Gasteiger partial charge in [0.1, 0.15) is 11.5 Å². The minimum atomic E-state index is -4.43. The summed E-state index contributed by atoms with van der Waals surface area (Å²) in [7, 11) is 0. The van der Waals surface area contributed by atoms with Crippen LogP contribution in [0.3, 0.4) is 0 Å². The van der Waals surface area contributed by atoms with Gasteiger partial charge in [0.25, 0.3) is 0 Å². The molecule has 3 heterocycles. The second-order valence-corrected chi connectivity index (χ2v) is 7.02. The van der Waals surface area contributed by atoms with Crippen LogP contribution in [0, 0.1) is 5.92 Å². The van der Waals surface area contributed by atoms with Gasteiger partial charge in [0.15, 0.2) is 0 Å². The molecule has 8 heteroatoms. The van der Waals surface area contributed by atoms with E-state index in [1.807, 2.05) is 4.90 Å². The van der Waals surface area contributed by atoms with Crippen molar-refractivity contribution in [1.29, 1.82) is 0 Å². The van der Waals surface area contributed by atoms with Crippen molar-refractivity contribution < 1.29 is 23.4 Å². The number of alkyl halides is 3. The first-order valence-corrected chi connectivity index (χ1v) is 8.70. The summed E-state index contributed by atoms with van der Waals surface area (Å²) >= 11 is 0. The van der Waals surface area contributed by atoms with Gasteiger partial charge >= 0.3 is 6.18 Å². The maximum Gasteiger partial charge on any atom is 0.433 e. The fourth-order valence-corrected chi connectivity index (χ4v) is 3.70. The minimum absolute atomic E-state index is 0.313. The first-order chi connectivity index (χ1) is 11.8. The van der Waals surface area contributed by atoms with Crippen LogP contribution in [0.2, 0.25) is 0 Å². The van der Waals surface area contributed by atoms with Gasteiger partial charge in [0, 0.05) is 32.7 Å². The van der Waals surface area contributed by atoms with Crippen molar-refractivity contribution >= 4 is 5.82 Å². The molecule has 0 saturated carbocycles. The molecule has 25 heavy (non-hydrogen) atoms. The van der Waals surface area contributed by atoms with Crippen LogP contribution in [0.25, 0.3) is 0 Å². The van der Waals surface area contributed by atoms with E-state index in [2.05, 4.69) is 9.88 Å². The smallest absolute Gasteiger partial charge is 0.390 e. The fourth-order valence-electron chi connectivity index (χ4n) is 3.70. The van der Waals surface area contributed by atoms with Gasteiger partial charge in [-0.3, -0.25) is 0 Å². The summed E-state index contributed by atoms with van der Waals surface area (Å²) in [6, 6.07) is 4.02. The number of halogens is 3. The number of rotatable bonds is 3. The van der Waals surface area contributed by atoms with Crippen LogP contribution in [0.5, 0.6) is 0 Å². The van der Waals surface area contributed by atoms with Crippen LogP contribution in [-0.2, 0) is 6.18 Å². The summed E-state index contributed by atoms with van der Waals surface area (Å²) < 4.78 is 38.6. The molecule has 3 rings (SSSR count).